The third-order valence-corrected chi connectivity index (χ3v) is 10.3. The Morgan fingerprint density at radius 1 is 0.512 bits per heavy atom. The minimum Gasteiger partial charge on any atom is -0.379 e. The lowest BCUT2D eigenvalue weighted by Crippen LogP contribution is -2.10. The summed E-state index contributed by atoms with van der Waals surface area (Å²) in [5, 5.41) is 0. The van der Waals surface area contributed by atoms with Crippen LogP contribution in [0.15, 0.2) is 84.9 Å². The zero-order valence-electron chi connectivity index (χ0n) is 23.6. The summed E-state index contributed by atoms with van der Waals surface area (Å²) >= 11 is 5.58. The molecule has 0 bridgehead atoms. The highest BCUT2D eigenvalue weighted by molar-refractivity contribution is 7.27. The van der Waals surface area contributed by atoms with Crippen LogP contribution in [-0.4, -0.2) is 39.6 Å². The van der Waals surface area contributed by atoms with Gasteiger partial charge < -0.3 is 14.2 Å². The van der Waals surface area contributed by atoms with E-state index < -0.39 is 0 Å². The summed E-state index contributed by atoms with van der Waals surface area (Å²) in [7, 11) is 0. The van der Waals surface area contributed by atoms with E-state index >= 15 is 0 Å². The largest absolute Gasteiger partial charge is 0.379 e. The maximum Gasteiger partial charge on any atom is 0.0701 e. The van der Waals surface area contributed by atoms with Gasteiger partial charge in [-0.15, -0.1) is 34.0 Å². The van der Waals surface area contributed by atoms with Crippen molar-refractivity contribution in [2.24, 2.45) is 0 Å². The number of ether oxygens (including phenoxy) is 3. The molecule has 3 aromatic heterocycles. The van der Waals surface area contributed by atoms with Gasteiger partial charge in [-0.1, -0.05) is 66.2 Å². The van der Waals surface area contributed by atoms with E-state index in [2.05, 4.69) is 104 Å². The second-order valence-corrected chi connectivity index (χ2v) is 13.0. The maximum atomic E-state index is 5.74. The van der Waals surface area contributed by atoms with E-state index in [4.69, 9.17) is 14.2 Å². The second kappa shape index (κ2) is 15.4. The van der Waals surface area contributed by atoms with Gasteiger partial charge in [0.15, 0.2) is 0 Å². The number of aryl methyl sites for hydroxylation is 1. The number of hydrogen-bond donors (Lipinski definition) is 0. The molecule has 2 aromatic carbocycles. The van der Waals surface area contributed by atoms with Gasteiger partial charge in [-0.25, -0.2) is 0 Å². The van der Waals surface area contributed by atoms with Gasteiger partial charge in [0.1, 0.15) is 0 Å². The topological polar surface area (TPSA) is 27.7 Å². The first-order valence-electron chi connectivity index (χ1n) is 14.1. The molecular formula is C35H36O3S3. The Bertz CT molecular complexity index is 1510. The highest BCUT2D eigenvalue weighted by Crippen LogP contribution is 2.41. The molecule has 0 atom stereocenters. The predicted octanol–water partition coefficient (Wildman–Crippen LogP) is 9.96. The summed E-state index contributed by atoms with van der Waals surface area (Å²) in [5.41, 5.74) is 4.97. The summed E-state index contributed by atoms with van der Waals surface area (Å²) < 4.78 is 16.5. The molecule has 3 nitrogen and oxygen atoms in total. The minimum atomic E-state index is 0.613. The molecular weight excluding hydrogens is 565 g/mol. The molecule has 0 aliphatic carbocycles. The van der Waals surface area contributed by atoms with E-state index in [1.54, 1.807) is 0 Å². The van der Waals surface area contributed by atoms with Gasteiger partial charge in [-0.05, 0) is 66.9 Å². The minimum absolute atomic E-state index is 0.613. The third kappa shape index (κ3) is 8.82. The molecule has 0 saturated carbocycles. The van der Waals surface area contributed by atoms with Gasteiger partial charge in [0.2, 0.25) is 0 Å². The first kappa shape index (κ1) is 29.6. The predicted molar refractivity (Wildman–Crippen MR) is 178 cm³/mol. The fourth-order valence-corrected chi connectivity index (χ4v) is 7.45. The lowest BCUT2D eigenvalue weighted by molar-refractivity contribution is 0.0176. The Balaban J connectivity index is 1.12. The van der Waals surface area contributed by atoms with Crippen molar-refractivity contribution in [3.05, 3.63) is 106 Å². The number of rotatable bonds is 15. The Kier molecular flexibility index (Phi) is 11.1. The van der Waals surface area contributed by atoms with Crippen LogP contribution in [-0.2, 0) is 20.6 Å². The van der Waals surface area contributed by atoms with E-state index in [-0.39, 0.29) is 0 Å². The first-order chi connectivity index (χ1) is 20.2. The molecule has 0 amide bonds. The van der Waals surface area contributed by atoms with Crippen molar-refractivity contribution in [1.29, 1.82) is 0 Å². The van der Waals surface area contributed by atoms with Gasteiger partial charge in [-0.2, -0.15) is 0 Å². The Morgan fingerprint density at radius 3 is 1.63 bits per heavy atom. The third-order valence-electron chi connectivity index (χ3n) is 6.54. The summed E-state index contributed by atoms with van der Waals surface area (Å²) in [6, 6.07) is 30.9. The molecule has 0 unspecified atom stereocenters. The first-order valence-corrected chi connectivity index (χ1v) is 16.5. The van der Waals surface area contributed by atoms with Crippen LogP contribution in [0.3, 0.4) is 0 Å². The van der Waals surface area contributed by atoms with E-state index in [0.29, 0.717) is 33.0 Å². The molecule has 0 spiro atoms. The molecule has 0 aliphatic rings. The summed E-state index contributed by atoms with van der Waals surface area (Å²) in [4.78, 5) is 7.91. The van der Waals surface area contributed by atoms with Crippen molar-refractivity contribution in [3.63, 3.8) is 0 Å². The normalized spacial score (nSPS) is 11.6. The zero-order chi connectivity index (χ0) is 28.3. The van der Waals surface area contributed by atoms with E-state index in [9.17, 15) is 0 Å². The van der Waals surface area contributed by atoms with E-state index in [0.717, 1.165) is 13.0 Å². The lowest BCUT2D eigenvalue weighted by atomic mass is 10.1. The fraction of sp³-hybridized carbons (Fsp3) is 0.257. The van der Waals surface area contributed by atoms with Crippen molar-refractivity contribution >= 4 is 46.2 Å². The van der Waals surface area contributed by atoms with Crippen molar-refractivity contribution < 1.29 is 14.2 Å². The molecule has 0 fully saturated rings. The van der Waals surface area contributed by atoms with Crippen LogP contribution in [0.25, 0.3) is 42.1 Å². The maximum absolute atomic E-state index is 5.74. The average molecular weight is 601 g/mol. The SMILES string of the molecule is CCOCCOCCOCCc1ccc(-c2ccc(-c3ccc(-c4ccc(/C=C/c5ccc(C)cc5)cc4)s3)s2)s1. The van der Waals surface area contributed by atoms with E-state index in [1.165, 1.54) is 51.5 Å². The number of hydrogen-bond acceptors (Lipinski definition) is 6. The fourth-order valence-electron chi connectivity index (χ4n) is 4.26. The number of thiophene rings is 3. The Morgan fingerprint density at radius 2 is 1.00 bits per heavy atom. The monoisotopic (exact) mass is 600 g/mol. The zero-order valence-corrected chi connectivity index (χ0v) is 26.1. The quantitative estimate of drug-likeness (QED) is 0.0884. The highest BCUT2D eigenvalue weighted by Gasteiger charge is 2.11. The van der Waals surface area contributed by atoms with Crippen molar-refractivity contribution in [1.82, 2.24) is 0 Å². The molecule has 0 saturated heterocycles. The van der Waals surface area contributed by atoms with Crippen LogP contribution >= 0.6 is 34.0 Å². The Labute approximate surface area is 255 Å². The van der Waals surface area contributed by atoms with Crippen molar-refractivity contribution in [2.45, 2.75) is 20.3 Å². The average Bonchev–Trinajstić information content (AvgIpc) is 3.77. The van der Waals surface area contributed by atoms with Gasteiger partial charge in [0.25, 0.3) is 0 Å². The molecule has 5 rings (SSSR count). The molecule has 5 aromatic rings. The molecule has 0 aliphatic heterocycles. The summed E-state index contributed by atoms with van der Waals surface area (Å²) in [5.74, 6) is 0. The summed E-state index contributed by atoms with van der Waals surface area (Å²) in [6.45, 7) is 8.06. The van der Waals surface area contributed by atoms with Gasteiger partial charge in [-0.3, -0.25) is 0 Å². The highest BCUT2D eigenvalue weighted by atomic mass is 32.1. The molecule has 0 N–H and O–H groups in total. The van der Waals surface area contributed by atoms with Crippen LogP contribution in [0.2, 0.25) is 0 Å². The van der Waals surface area contributed by atoms with Gasteiger partial charge in [0, 0.05) is 42.3 Å². The number of benzene rings is 2. The van der Waals surface area contributed by atoms with Crippen LogP contribution in [0, 0.1) is 6.92 Å². The van der Waals surface area contributed by atoms with Crippen LogP contribution < -0.4 is 0 Å². The lowest BCUT2D eigenvalue weighted by Gasteiger charge is -2.05. The second-order valence-electron chi connectivity index (χ2n) is 9.63. The van der Waals surface area contributed by atoms with Crippen LogP contribution in [0.5, 0.6) is 0 Å². The molecule has 0 radical (unpaired) electrons. The molecule has 212 valence electrons. The van der Waals surface area contributed by atoms with Gasteiger partial charge in [0.05, 0.1) is 33.0 Å². The Hall–Kier alpha value is -2.84. The molecule has 41 heavy (non-hydrogen) atoms. The van der Waals surface area contributed by atoms with Crippen LogP contribution in [0.4, 0.5) is 0 Å². The molecule has 6 heteroatoms. The smallest absolute Gasteiger partial charge is 0.0701 e. The van der Waals surface area contributed by atoms with Crippen LogP contribution in [0.1, 0.15) is 28.5 Å². The standard InChI is InChI=1S/C35H36O3S3/c1-3-36-22-23-38-25-24-37-21-20-30-14-15-32(39-30)33-18-19-35(41-33)34-17-16-31(40-34)29-12-10-28(11-13-29)9-8-27-6-4-26(2)5-7-27/h4-19H,3,20-25H2,1-2H3/b9-8+. The van der Waals surface area contributed by atoms with Gasteiger partial charge >= 0.3 is 0 Å². The van der Waals surface area contributed by atoms with Crippen molar-refractivity contribution in [3.8, 4) is 29.9 Å². The summed E-state index contributed by atoms with van der Waals surface area (Å²) in [6.07, 6.45) is 5.27. The van der Waals surface area contributed by atoms with E-state index in [1.807, 2.05) is 40.9 Å². The molecule has 3 heterocycles. The van der Waals surface area contributed by atoms with Crippen molar-refractivity contribution in [2.75, 3.05) is 39.6 Å².